The SMILES string of the molecule is Nc1cccc(NCc2ccc3oc(C(=O)NO)cc3c2)c1. The Hall–Kier alpha value is -2.99. The fraction of sp³-hybridized carbons (Fsp3) is 0.0625. The van der Waals surface area contributed by atoms with Crippen molar-refractivity contribution < 1.29 is 14.4 Å². The number of carbonyl (C=O) groups is 1. The highest BCUT2D eigenvalue weighted by Crippen LogP contribution is 2.21. The summed E-state index contributed by atoms with van der Waals surface area (Å²) in [6.45, 7) is 0.617. The fourth-order valence-electron chi connectivity index (χ4n) is 2.22. The van der Waals surface area contributed by atoms with Crippen LogP contribution >= 0.6 is 0 Å². The van der Waals surface area contributed by atoms with E-state index in [1.807, 2.05) is 36.4 Å². The molecule has 0 aliphatic heterocycles. The van der Waals surface area contributed by atoms with Gasteiger partial charge in [0, 0.05) is 23.3 Å². The van der Waals surface area contributed by atoms with Crippen LogP contribution in [0.15, 0.2) is 52.9 Å². The fourth-order valence-corrected chi connectivity index (χ4v) is 2.22. The number of fused-ring (bicyclic) bond motifs is 1. The number of nitrogens with two attached hydrogens (primary N) is 1. The van der Waals surface area contributed by atoms with Crippen molar-refractivity contribution in [3.63, 3.8) is 0 Å². The number of hydrogen-bond donors (Lipinski definition) is 4. The van der Waals surface area contributed by atoms with E-state index in [2.05, 4.69) is 5.32 Å². The van der Waals surface area contributed by atoms with Gasteiger partial charge in [-0.2, -0.15) is 0 Å². The van der Waals surface area contributed by atoms with Crippen LogP contribution in [-0.4, -0.2) is 11.1 Å². The van der Waals surface area contributed by atoms with Crippen molar-refractivity contribution in [2.24, 2.45) is 0 Å². The van der Waals surface area contributed by atoms with Gasteiger partial charge >= 0.3 is 5.91 Å². The minimum atomic E-state index is -0.671. The van der Waals surface area contributed by atoms with Crippen molar-refractivity contribution in [1.82, 2.24) is 5.48 Å². The summed E-state index contributed by atoms with van der Waals surface area (Å²) in [6, 6.07) is 14.7. The molecule has 0 bridgehead atoms. The maximum Gasteiger partial charge on any atom is 0.310 e. The maximum absolute atomic E-state index is 11.3. The Bertz CT molecular complexity index is 826. The van der Waals surface area contributed by atoms with Gasteiger partial charge < -0.3 is 15.5 Å². The van der Waals surface area contributed by atoms with Crippen molar-refractivity contribution in [1.29, 1.82) is 0 Å². The predicted molar refractivity (Wildman–Crippen MR) is 83.6 cm³/mol. The second kappa shape index (κ2) is 5.79. The molecule has 0 atom stereocenters. The van der Waals surface area contributed by atoms with Crippen LogP contribution in [-0.2, 0) is 6.54 Å². The van der Waals surface area contributed by atoms with E-state index in [9.17, 15) is 4.79 Å². The lowest BCUT2D eigenvalue weighted by Gasteiger charge is -2.07. The Morgan fingerprint density at radius 1 is 1.18 bits per heavy atom. The average molecular weight is 297 g/mol. The molecule has 0 fully saturated rings. The van der Waals surface area contributed by atoms with Crippen LogP contribution < -0.4 is 16.5 Å². The normalized spacial score (nSPS) is 10.6. The number of furan rings is 1. The van der Waals surface area contributed by atoms with E-state index < -0.39 is 5.91 Å². The number of rotatable bonds is 4. The van der Waals surface area contributed by atoms with Crippen molar-refractivity contribution in [3.8, 4) is 0 Å². The molecule has 0 saturated heterocycles. The molecule has 0 saturated carbocycles. The van der Waals surface area contributed by atoms with Gasteiger partial charge in [-0.05, 0) is 42.0 Å². The quantitative estimate of drug-likeness (QED) is 0.337. The summed E-state index contributed by atoms with van der Waals surface area (Å²) in [6.07, 6.45) is 0. The number of nitrogens with one attached hydrogen (secondary N) is 2. The van der Waals surface area contributed by atoms with Crippen LogP contribution in [0.1, 0.15) is 16.1 Å². The first-order valence-electron chi connectivity index (χ1n) is 6.72. The lowest BCUT2D eigenvalue weighted by molar-refractivity contribution is 0.0678. The third-order valence-electron chi connectivity index (χ3n) is 3.29. The zero-order chi connectivity index (χ0) is 15.5. The summed E-state index contributed by atoms with van der Waals surface area (Å²) in [5.74, 6) is -0.603. The highest BCUT2D eigenvalue weighted by atomic mass is 16.5. The third-order valence-corrected chi connectivity index (χ3v) is 3.29. The van der Waals surface area contributed by atoms with Gasteiger partial charge in [0.2, 0.25) is 0 Å². The Balaban J connectivity index is 1.78. The van der Waals surface area contributed by atoms with Gasteiger partial charge in [-0.1, -0.05) is 12.1 Å². The molecule has 3 aromatic rings. The van der Waals surface area contributed by atoms with Crippen molar-refractivity contribution in [3.05, 3.63) is 59.9 Å². The number of amides is 1. The van der Waals surface area contributed by atoms with E-state index in [4.69, 9.17) is 15.4 Å². The first-order valence-corrected chi connectivity index (χ1v) is 6.72. The molecule has 0 radical (unpaired) electrons. The minimum absolute atomic E-state index is 0.0680. The molecule has 6 nitrogen and oxygen atoms in total. The lowest BCUT2D eigenvalue weighted by atomic mass is 10.1. The highest BCUT2D eigenvalue weighted by Gasteiger charge is 2.11. The smallest absolute Gasteiger partial charge is 0.310 e. The number of hydrogen-bond acceptors (Lipinski definition) is 5. The molecular formula is C16H15N3O3. The molecule has 0 aliphatic carbocycles. The van der Waals surface area contributed by atoms with Crippen LogP contribution in [0.25, 0.3) is 11.0 Å². The van der Waals surface area contributed by atoms with E-state index in [1.54, 1.807) is 17.6 Å². The number of carbonyl (C=O) groups excluding carboxylic acids is 1. The summed E-state index contributed by atoms with van der Waals surface area (Å²) in [5.41, 5.74) is 10.6. The molecule has 5 N–H and O–H groups in total. The van der Waals surface area contributed by atoms with E-state index in [0.29, 0.717) is 17.8 Å². The maximum atomic E-state index is 11.3. The average Bonchev–Trinajstić information content (AvgIpc) is 2.95. The minimum Gasteiger partial charge on any atom is -0.451 e. The predicted octanol–water partition coefficient (Wildman–Crippen LogP) is 2.75. The van der Waals surface area contributed by atoms with E-state index in [0.717, 1.165) is 16.6 Å². The second-order valence-corrected chi connectivity index (χ2v) is 4.90. The molecule has 1 heterocycles. The molecule has 1 aromatic heterocycles. The Morgan fingerprint density at radius 2 is 2.05 bits per heavy atom. The molecule has 0 aliphatic rings. The summed E-state index contributed by atoms with van der Waals surface area (Å²) in [5, 5.41) is 12.7. The van der Waals surface area contributed by atoms with Gasteiger partial charge in [-0.25, -0.2) is 5.48 Å². The molecule has 1 amide bonds. The van der Waals surface area contributed by atoms with Crippen molar-refractivity contribution in [2.75, 3.05) is 11.1 Å². The van der Waals surface area contributed by atoms with Crippen LogP contribution in [0.2, 0.25) is 0 Å². The van der Waals surface area contributed by atoms with Gasteiger partial charge in [0.1, 0.15) is 5.58 Å². The summed E-state index contributed by atoms with van der Waals surface area (Å²) >= 11 is 0. The van der Waals surface area contributed by atoms with E-state index in [1.165, 1.54) is 0 Å². The van der Waals surface area contributed by atoms with Gasteiger partial charge in [0.25, 0.3) is 0 Å². The summed E-state index contributed by atoms with van der Waals surface area (Å²) in [7, 11) is 0. The summed E-state index contributed by atoms with van der Waals surface area (Å²) < 4.78 is 5.35. The third kappa shape index (κ3) is 2.87. The van der Waals surface area contributed by atoms with Crippen LogP contribution in [0.5, 0.6) is 0 Å². The van der Waals surface area contributed by atoms with Gasteiger partial charge in [0.05, 0.1) is 0 Å². The number of anilines is 2. The van der Waals surface area contributed by atoms with E-state index in [-0.39, 0.29) is 5.76 Å². The zero-order valence-corrected chi connectivity index (χ0v) is 11.7. The van der Waals surface area contributed by atoms with Crippen molar-refractivity contribution in [2.45, 2.75) is 6.54 Å². The Kier molecular flexibility index (Phi) is 3.67. The number of benzene rings is 2. The van der Waals surface area contributed by atoms with Crippen molar-refractivity contribution >= 4 is 28.3 Å². The molecule has 0 spiro atoms. The molecule has 3 rings (SSSR count). The topological polar surface area (TPSA) is 101 Å². The molecular weight excluding hydrogens is 282 g/mol. The molecule has 22 heavy (non-hydrogen) atoms. The van der Waals surface area contributed by atoms with Crippen LogP contribution in [0.4, 0.5) is 11.4 Å². The number of nitrogen functional groups attached to an aromatic ring is 1. The largest absolute Gasteiger partial charge is 0.451 e. The van der Waals surface area contributed by atoms with Gasteiger partial charge in [0.15, 0.2) is 5.76 Å². The zero-order valence-electron chi connectivity index (χ0n) is 11.7. The van der Waals surface area contributed by atoms with Gasteiger partial charge in [-0.15, -0.1) is 0 Å². The lowest BCUT2D eigenvalue weighted by Crippen LogP contribution is -2.17. The highest BCUT2D eigenvalue weighted by molar-refractivity contribution is 5.95. The van der Waals surface area contributed by atoms with E-state index >= 15 is 0 Å². The second-order valence-electron chi connectivity index (χ2n) is 4.90. The monoisotopic (exact) mass is 297 g/mol. The molecule has 2 aromatic carbocycles. The number of hydroxylamine groups is 1. The van der Waals surface area contributed by atoms with Gasteiger partial charge in [-0.3, -0.25) is 10.0 Å². The summed E-state index contributed by atoms with van der Waals surface area (Å²) in [4.78, 5) is 11.3. The Labute approximate surface area is 126 Å². The first kappa shape index (κ1) is 14.0. The van der Waals surface area contributed by atoms with Crippen LogP contribution in [0, 0.1) is 0 Å². The standard InChI is InChI=1S/C16H15N3O3/c17-12-2-1-3-13(8-12)18-9-10-4-5-14-11(6-10)7-15(22-14)16(20)19-21/h1-8,18,21H,9,17H2,(H,19,20). The molecule has 0 unspecified atom stereocenters. The first-order chi connectivity index (χ1) is 10.7. The molecule has 112 valence electrons. The van der Waals surface area contributed by atoms with Crippen LogP contribution in [0.3, 0.4) is 0 Å². The Morgan fingerprint density at radius 3 is 2.82 bits per heavy atom. The molecule has 6 heteroatoms.